The first-order chi connectivity index (χ1) is 7.88. The van der Waals surface area contributed by atoms with E-state index in [4.69, 9.17) is 5.26 Å². The van der Waals surface area contributed by atoms with Crippen LogP contribution in [0.5, 0.6) is 0 Å². The molecule has 2 N–H and O–H groups in total. The normalized spacial score (nSPS) is 9.69. The minimum atomic E-state index is 0.469. The Kier molecular flexibility index (Phi) is 3.25. The lowest BCUT2D eigenvalue weighted by Crippen LogP contribution is -1.99. The monoisotopic (exact) mass is 211 g/mol. The largest absolute Gasteiger partial charge is 0.379 e. The predicted molar refractivity (Wildman–Crippen MR) is 63.9 cm³/mol. The van der Waals surface area contributed by atoms with Crippen LogP contribution in [0.3, 0.4) is 0 Å². The minimum absolute atomic E-state index is 0.469. The molecule has 0 bridgehead atoms. The molecule has 0 aliphatic rings. The number of hydrogen-bond acceptors (Lipinski definition) is 2. The van der Waals surface area contributed by atoms with Crippen LogP contribution in [0.2, 0.25) is 0 Å². The molecule has 0 atom stereocenters. The van der Waals surface area contributed by atoms with Gasteiger partial charge in [0.15, 0.2) is 0 Å². The van der Waals surface area contributed by atoms with Crippen molar-refractivity contribution in [3.63, 3.8) is 0 Å². The Bertz CT molecular complexity index is 463. The predicted octanol–water partition coefficient (Wildman–Crippen LogP) is 2.69. The van der Waals surface area contributed by atoms with E-state index >= 15 is 0 Å². The molecule has 0 spiro atoms. The number of aromatic amines is 1. The molecule has 0 saturated carbocycles. The number of H-pyrrole nitrogens is 1. The molecule has 2 rings (SSSR count). The zero-order valence-corrected chi connectivity index (χ0v) is 8.90. The van der Waals surface area contributed by atoms with E-state index in [2.05, 4.69) is 16.4 Å². The maximum atomic E-state index is 8.55. The number of nitrogens with zero attached hydrogens (tertiary/aromatic N) is 1. The Hall–Kier alpha value is -2.21. The summed E-state index contributed by atoms with van der Waals surface area (Å²) < 4.78 is 0. The molecule has 0 aliphatic carbocycles. The van der Waals surface area contributed by atoms with Crippen molar-refractivity contribution < 1.29 is 0 Å². The van der Waals surface area contributed by atoms with E-state index in [1.165, 1.54) is 0 Å². The van der Waals surface area contributed by atoms with Crippen LogP contribution >= 0.6 is 0 Å². The second-order valence-corrected chi connectivity index (χ2v) is 3.58. The van der Waals surface area contributed by atoms with Crippen LogP contribution < -0.4 is 5.32 Å². The van der Waals surface area contributed by atoms with Crippen LogP contribution in [-0.4, -0.2) is 4.98 Å². The average molecular weight is 211 g/mol. The Morgan fingerprint density at radius 2 is 2.00 bits per heavy atom. The summed E-state index contributed by atoms with van der Waals surface area (Å²) in [6.07, 6.45) is 2.38. The second-order valence-electron chi connectivity index (χ2n) is 3.58. The Morgan fingerprint density at radius 1 is 1.19 bits per heavy atom. The van der Waals surface area contributed by atoms with E-state index in [0.717, 1.165) is 23.5 Å². The Labute approximate surface area is 94.7 Å². The zero-order valence-electron chi connectivity index (χ0n) is 8.90. The van der Waals surface area contributed by atoms with Crippen LogP contribution in [0.15, 0.2) is 42.6 Å². The van der Waals surface area contributed by atoms with Gasteiger partial charge in [0, 0.05) is 17.6 Å². The first-order valence-corrected chi connectivity index (χ1v) is 5.20. The van der Waals surface area contributed by atoms with Gasteiger partial charge in [-0.1, -0.05) is 12.1 Å². The highest BCUT2D eigenvalue weighted by Crippen LogP contribution is 2.10. The van der Waals surface area contributed by atoms with Crippen molar-refractivity contribution in [1.82, 2.24) is 4.98 Å². The number of aromatic nitrogens is 1. The summed E-state index contributed by atoms with van der Waals surface area (Å²) in [6.45, 7) is 0.782. The van der Waals surface area contributed by atoms with Crippen molar-refractivity contribution in [3.05, 3.63) is 53.9 Å². The number of nitriles is 1. The van der Waals surface area contributed by atoms with E-state index in [1.54, 1.807) is 0 Å². The number of rotatable bonds is 4. The molecule has 1 aromatic heterocycles. The van der Waals surface area contributed by atoms with Gasteiger partial charge < -0.3 is 10.3 Å². The fraction of sp³-hybridized carbons (Fsp3) is 0.154. The van der Waals surface area contributed by atoms with Gasteiger partial charge in [-0.05, 0) is 29.8 Å². The molecule has 0 unspecified atom stereocenters. The lowest BCUT2D eigenvalue weighted by molar-refractivity contribution is 1.07. The van der Waals surface area contributed by atoms with Crippen molar-refractivity contribution in [2.24, 2.45) is 0 Å². The molecule has 2 aromatic rings. The molecule has 16 heavy (non-hydrogen) atoms. The molecule has 3 nitrogen and oxygen atoms in total. The summed E-state index contributed by atoms with van der Waals surface area (Å²) in [6, 6.07) is 14.1. The van der Waals surface area contributed by atoms with E-state index in [-0.39, 0.29) is 0 Å². The minimum Gasteiger partial charge on any atom is -0.379 e. The molecule has 0 saturated heterocycles. The SMILES string of the molecule is N#CCc1ccc(NCc2ccc[nH]2)cc1. The first-order valence-electron chi connectivity index (χ1n) is 5.20. The van der Waals surface area contributed by atoms with Crippen molar-refractivity contribution >= 4 is 5.69 Å². The highest BCUT2D eigenvalue weighted by molar-refractivity contribution is 5.45. The van der Waals surface area contributed by atoms with Gasteiger partial charge in [0.25, 0.3) is 0 Å². The molecule has 0 aliphatic heterocycles. The standard InChI is InChI=1S/C13H13N3/c14-8-7-11-3-5-12(6-4-11)16-10-13-2-1-9-15-13/h1-6,9,15-16H,7,10H2. The number of hydrogen-bond donors (Lipinski definition) is 2. The van der Waals surface area contributed by atoms with Gasteiger partial charge in [-0.3, -0.25) is 0 Å². The molecule has 0 radical (unpaired) electrons. The molecular formula is C13H13N3. The Morgan fingerprint density at radius 3 is 2.62 bits per heavy atom. The van der Waals surface area contributed by atoms with Crippen LogP contribution in [0.25, 0.3) is 0 Å². The number of anilines is 1. The molecule has 1 heterocycles. The lowest BCUT2D eigenvalue weighted by Gasteiger charge is -2.05. The third-order valence-electron chi connectivity index (χ3n) is 2.38. The highest BCUT2D eigenvalue weighted by atomic mass is 14.9. The third kappa shape index (κ3) is 2.64. The summed E-state index contributed by atoms with van der Waals surface area (Å²) in [5.41, 5.74) is 3.27. The number of nitrogens with one attached hydrogen (secondary N) is 2. The quantitative estimate of drug-likeness (QED) is 0.816. The maximum absolute atomic E-state index is 8.55. The van der Waals surface area contributed by atoms with Gasteiger partial charge >= 0.3 is 0 Å². The van der Waals surface area contributed by atoms with E-state index < -0.39 is 0 Å². The van der Waals surface area contributed by atoms with E-state index in [9.17, 15) is 0 Å². The lowest BCUT2D eigenvalue weighted by atomic mass is 10.1. The summed E-state index contributed by atoms with van der Waals surface area (Å²) in [4.78, 5) is 3.13. The van der Waals surface area contributed by atoms with Gasteiger partial charge in [0.2, 0.25) is 0 Å². The average Bonchev–Trinajstić information content (AvgIpc) is 2.82. The molecule has 0 fully saturated rings. The third-order valence-corrected chi connectivity index (χ3v) is 2.38. The van der Waals surface area contributed by atoms with Gasteiger partial charge in [-0.15, -0.1) is 0 Å². The van der Waals surface area contributed by atoms with Crippen LogP contribution in [0.4, 0.5) is 5.69 Å². The van der Waals surface area contributed by atoms with Crippen LogP contribution in [0.1, 0.15) is 11.3 Å². The topological polar surface area (TPSA) is 51.6 Å². The van der Waals surface area contributed by atoms with Crippen molar-refractivity contribution in [3.8, 4) is 6.07 Å². The zero-order chi connectivity index (χ0) is 11.2. The second kappa shape index (κ2) is 5.04. The first kappa shape index (κ1) is 10.3. The van der Waals surface area contributed by atoms with Crippen LogP contribution in [-0.2, 0) is 13.0 Å². The summed E-state index contributed by atoms with van der Waals surface area (Å²) >= 11 is 0. The molecule has 0 amide bonds. The highest BCUT2D eigenvalue weighted by Gasteiger charge is 1.95. The van der Waals surface area contributed by atoms with Gasteiger partial charge in [-0.25, -0.2) is 0 Å². The van der Waals surface area contributed by atoms with Gasteiger partial charge in [-0.2, -0.15) is 5.26 Å². The fourth-order valence-corrected chi connectivity index (χ4v) is 1.51. The van der Waals surface area contributed by atoms with Gasteiger partial charge in [0.05, 0.1) is 19.0 Å². The summed E-state index contributed by atoms with van der Waals surface area (Å²) in [5, 5.41) is 11.8. The molecule has 3 heteroatoms. The molecule has 80 valence electrons. The van der Waals surface area contributed by atoms with E-state index in [1.807, 2.05) is 42.6 Å². The van der Waals surface area contributed by atoms with Crippen molar-refractivity contribution in [2.75, 3.05) is 5.32 Å². The van der Waals surface area contributed by atoms with Gasteiger partial charge in [0.1, 0.15) is 0 Å². The maximum Gasteiger partial charge on any atom is 0.0669 e. The summed E-state index contributed by atoms with van der Waals surface area (Å²) in [5.74, 6) is 0. The van der Waals surface area contributed by atoms with Crippen molar-refractivity contribution in [1.29, 1.82) is 5.26 Å². The Balaban J connectivity index is 1.93. The van der Waals surface area contributed by atoms with Crippen molar-refractivity contribution in [2.45, 2.75) is 13.0 Å². The van der Waals surface area contributed by atoms with E-state index in [0.29, 0.717) is 6.42 Å². The fourth-order valence-electron chi connectivity index (χ4n) is 1.51. The molecule has 1 aromatic carbocycles. The van der Waals surface area contributed by atoms with Crippen LogP contribution in [0, 0.1) is 11.3 Å². The summed E-state index contributed by atoms with van der Waals surface area (Å²) in [7, 11) is 0. The number of benzene rings is 1. The molecular weight excluding hydrogens is 198 g/mol. The smallest absolute Gasteiger partial charge is 0.0669 e.